The second-order valence-electron chi connectivity index (χ2n) is 5.28. The van der Waals surface area contributed by atoms with E-state index in [1.807, 2.05) is 6.07 Å². The molecule has 1 aliphatic carbocycles. The lowest BCUT2D eigenvalue weighted by molar-refractivity contribution is 0.391. The standard InChI is InChI=1S/C13H21NO/c1-11(2)9-14-10-13(5-6-13)8-12-4-3-7-15-12/h3-4,7,11,14H,5-6,8-10H2,1-2H3. The van der Waals surface area contributed by atoms with E-state index in [1.54, 1.807) is 6.26 Å². The highest BCUT2D eigenvalue weighted by Gasteiger charge is 2.42. The van der Waals surface area contributed by atoms with Gasteiger partial charge in [-0.25, -0.2) is 0 Å². The third-order valence-electron chi connectivity index (χ3n) is 3.14. The van der Waals surface area contributed by atoms with Crippen LogP contribution in [-0.4, -0.2) is 13.1 Å². The third kappa shape index (κ3) is 3.10. The van der Waals surface area contributed by atoms with Crippen LogP contribution in [0.5, 0.6) is 0 Å². The van der Waals surface area contributed by atoms with Crippen LogP contribution in [0.25, 0.3) is 0 Å². The van der Waals surface area contributed by atoms with Crippen molar-refractivity contribution in [3.63, 3.8) is 0 Å². The van der Waals surface area contributed by atoms with Crippen LogP contribution < -0.4 is 5.32 Å². The van der Waals surface area contributed by atoms with Crippen molar-refractivity contribution >= 4 is 0 Å². The van der Waals surface area contributed by atoms with Crippen molar-refractivity contribution in [3.05, 3.63) is 24.2 Å². The van der Waals surface area contributed by atoms with Gasteiger partial charge in [0.15, 0.2) is 0 Å². The molecule has 15 heavy (non-hydrogen) atoms. The van der Waals surface area contributed by atoms with E-state index in [0.29, 0.717) is 5.41 Å². The summed E-state index contributed by atoms with van der Waals surface area (Å²) < 4.78 is 5.41. The average molecular weight is 207 g/mol. The van der Waals surface area contributed by atoms with E-state index in [9.17, 15) is 0 Å². The molecule has 1 aromatic rings. The Morgan fingerprint density at radius 2 is 2.27 bits per heavy atom. The minimum Gasteiger partial charge on any atom is -0.469 e. The van der Waals surface area contributed by atoms with Gasteiger partial charge in [-0.15, -0.1) is 0 Å². The fraction of sp³-hybridized carbons (Fsp3) is 0.692. The summed E-state index contributed by atoms with van der Waals surface area (Å²) in [5, 5.41) is 3.56. The van der Waals surface area contributed by atoms with Crippen LogP contribution in [0.3, 0.4) is 0 Å². The molecule has 84 valence electrons. The molecule has 0 aliphatic heterocycles. The predicted octanol–water partition coefficient (Wildman–Crippen LogP) is 2.85. The highest BCUT2D eigenvalue weighted by atomic mass is 16.3. The summed E-state index contributed by atoms with van der Waals surface area (Å²) in [5.41, 5.74) is 0.507. The van der Waals surface area contributed by atoms with Crippen LogP contribution in [0.15, 0.2) is 22.8 Å². The van der Waals surface area contributed by atoms with Gasteiger partial charge >= 0.3 is 0 Å². The Balaban J connectivity index is 1.76. The lowest BCUT2D eigenvalue weighted by Crippen LogP contribution is -2.28. The van der Waals surface area contributed by atoms with Gasteiger partial charge in [-0.1, -0.05) is 13.8 Å². The maximum Gasteiger partial charge on any atom is 0.104 e. The SMILES string of the molecule is CC(C)CNCC1(Cc2ccco2)CC1. The largest absolute Gasteiger partial charge is 0.469 e. The molecule has 0 bridgehead atoms. The highest BCUT2D eigenvalue weighted by molar-refractivity contribution is 5.07. The van der Waals surface area contributed by atoms with E-state index >= 15 is 0 Å². The molecule has 2 nitrogen and oxygen atoms in total. The van der Waals surface area contributed by atoms with Gasteiger partial charge in [0.25, 0.3) is 0 Å². The van der Waals surface area contributed by atoms with Crippen molar-refractivity contribution in [2.24, 2.45) is 11.3 Å². The molecule has 1 N–H and O–H groups in total. The third-order valence-corrected chi connectivity index (χ3v) is 3.14. The van der Waals surface area contributed by atoms with Crippen LogP contribution in [0, 0.1) is 11.3 Å². The number of rotatable bonds is 6. The van der Waals surface area contributed by atoms with Crippen LogP contribution >= 0.6 is 0 Å². The fourth-order valence-corrected chi connectivity index (χ4v) is 2.00. The molecule has 1 saturated carbocycles. The van der Waals surface area contributed by atoms with Crippen LogP contribution in [0.1, 0.15) is 32.4 Å². The van der Waals surface area contributed by atoms with E-state index in [1.165, 1.54) is 12.8 Å². The summed E-state index contributed by atoms with van der Waals surface area (Å²) in [7, 11) is 0. The summed E-state index contributed by atoms with van der Waals surface area (Å²) in [6.07, 6.45) is 5.57. The van der Waals surface area contributed by atoms with Crippen molar-refractivity contribution in [1.82, 2.24) is 5.32 Å². The van der Waals surface area contributed by atoms with Crippen LogP contribution in [0.4, 0.5) is 0 Å². The molecule has 2 heteroatoms. The van der Waals surface area contributed by atoms with E-state index < -0.39 is 0 Å². The zero-order valence-electron chi connectivity index (χ0n) is 9.75. The zero-order valence-corrected chi connectivity index (χ0v) is 9.75. The van der Waals surface area contributed by atoms with Crippen molar-refractivity contribution in [2.45, 2.75) is 33.1 Å². The Morgan fingerprint density at radius 1 is 1.47 bits per heavy atom. The van der Waals surface area contributed by atoms with Crippen LogP contribution in [-0.2, 0) is 6.42 Å². The van der Waals surface area contributed by atoms with Crippen molar-refractivity contribution in [2.75, 3.05) is 13.1 Å². The summed E-state index contributed by atoms with van der Waals surface area (Å²) in [6.45, 7) is 6.77. The molecular weight excluding hydrogens is 186 g/mol. The Bertz CT molecular complexity index is 285. The quantitative estimate of drug-likeness (QED) is 0.776. The van der Waals surface area contributed by atoms with Crippen molar-refractivity contribution < 1.29 is 4.42 Å². The smallest absolute Gasteiger partial charge is 0.104 e. The first-order valence-electron chi connectivity index (χ1n) is 5.93. The highest BCUT2D eigenvalue weighted by Crippen LogP contribution is 2.47. The first-order chi connectivity index (χ1) is 7.20. The molecular formula is C13H21NO. The minimum atomic E-state index is 0.507. The number of furan rings is 1. The van der Waals surface area contributed by atoms with Gasteiger partial charge in [-0.3, -0.25) is 0 Å². The van der Waals surface area contributed by atoms with Gasteiger partial charge in [-0.2, -0.15) is 0 Å². The summed E-state index contributed by atoms with van der Waals surface area (Å²) in [6, 6.07) is 4.06. The number of hydrogen-bond acceptors (Lipinski definition) is 2. The minimum absolute atomic E-state index is 0.507. The van der Waals surface area contributed by atoms with Gasteiger partial charge < -0.3 is 9.73 Å². The van der Waals surface area contributed by atoms with Gasteiger partial charge in [0.2, 0.25) is 0 Å². The van der Waals surface area contributed by atoms with E-state index in [2.05, 4.69) is 25.2 Å². The second-order valence-corrected chi connectivity index (χ2v) is 5.28. The first-order valence-corrected chi connectivity index (χ1v) is 5.93. The molecule has 0 atom stereocenters. The maximum absolute atomic E-state index is 5.41. The molecule has 0 spiro atoms. The molecule has 0 saturated heterocycles. The Hall–Kier alpha value is -0.760. The number of nitrogens with one attached hydrogen (secondary N) is 1. The summed E-state index contributed by atoms with van der Waals surface area (Å²) in [5.74, 6) is 1.88. The van der Waals surface area contributed by atoms with E-state index in [-0.39, 0.29) is 0 Å². The summed E-state index contributed by atoms with van der Waals surface area (Å²) in [4.78, 5) is 0. The normalized spacial score (nSPS) is 18.3. The average Bonchev–Trinajstić information content (AvgIpc) is 2.74. The lowest BCUT2D eigenvalue weighted by atomic mass is 10.0. The Kier molecular flexibility index (Phi) is 3.15. The monoisotopic (exact) mass is 207 g/mol. The Morgan fingerprint density at radius 3 is 2.80 bits per heavy atom. The van der Waals surface area contributed by atoms with Gasteiger partial charge in [0.05, 0.1) is 6.26 Å². The van der Waals surface area contributed by atoms with E-state index in [4.69, 9.17) is 4.42 Å². The van der Waals surface area contributed by atoms with E-state index in [0.717, 1.165) is 31.2 Å². The summed E-state index contributed by atoms with van der Waals surface area (Å²) >= 11 is 0. The molecule has 1 aliphatic rings. The first kappa shape index (κ1) is 10.7. The predicted molar refractivity (Wildman–Crippen MR) is 61.8 cm³/mol. The maximum atomic E-state index is 5.41. The number of hydrogen-bond donors (Lipinski definition) is 1. The molecule has 0 unspecified atom stereocenters. The van der Waals surface area contributed by atoms with Gasteiger partial charge in [-0.05, 0) is 42.9 Å². The molecule has 0 amide bonds. The lowest BCUT2D eigenvalue weighted by Gasteiger charge is -2.15. The topological polar surface area (TPSA) is 25.2 Å². The molecule has 0 radical (unpaired) electrons. The fourth-order valence-electron chi connectivity index (χ4n) is 2.00. The zero-order chi connectivity index (χ0) is 10.7. The molecule has 1 heterocycles. The molecule has 0 aromatic carbocycles. The van der Waals surface area contributed by atoms with Gasteiger partial charge in [0, 0.05) is 13.0 Å². The van der Waals surface area contributed by atoms with Crippen molar-refractivity contribution in [1.29, 1.82) is 0 Å². The van der Waals surface area contributed by atoms with Gasteiger partial charge in [0.1, 0.15) is 5.76 Å². The molecule has 1 aromatic heterocycles. The molecule has 2 rings (SSSR count). The second kappa shape index (κ2) is 4.40. The Labute approximate surface area is 92.1 Å². The van der Waals surface area contributed by atoms with Crippen molar-refractivity contribution in [3.8, 4) is 0 Å². The van der Waals surface area contributed by atoms with Crippen LogP contribution in [0.2, 0.25) is 0 Å². The molecule has 1 fully saturated rings.